The number of aromatic amines is 1. The largest absolute Gasteiger partial charge is 0.398 e. The minimum Gasteiger partial charge on any atom is -0.398 e. The highest BCUT2D eigenvalue weighted by Crippen LogP contribution is 2.27. The van der Waals surface area contributed by atoms with E-state index in [1.165, 1.54) is 0 Å². The van der Waals surface area contributed by atoms with Crippen molar-refractivity contribution < 1.29 is 4.52 Å². The van der Waals surface area contributed by atoms with Gasteiger partial charge in [-0.2, -0.15) is 4.98 Å². The predicted molar refractivity (Wildman–Crippen MR) is 68.7 cm³/mol. The van der Waals surface area contributed by atoms with E-state index >= 15 is 0 Å². The van der Waals surface area contributed by atoms with Crippen LogP contribution in [0.25, 0.3) is 23.0 Å². The number of aryl methyl sites for hydroxylation is 1. The second-order valence-electron chi connectivity index (χ2n) is 4.10. The number of nitrogens with zero attached hydrogens (tertiary/aromatic N) is 2. The Hall–Kier alpha value is -2.56. The quantitative estimate of drug-likeness (QED) is 0.675. The lowest BCUT2D eigenvalue weighted by atomic mass is 10.1. The number of nitrogen functional groups attached to an aromatic ring is 1. The Morgan fingerprint density at radius 3 is 2.94 bits per heavy atom. The van der Waals surface area contributed by atoms with Crippen molar-refractivity contribution in [2.75, 3.05) is 5.73 Å². The van der Waals surface area contributed by atoms with Crippen LogP contribution in [-0.4, -0.2) is 15.1 Å². The fourth-order valence-electron chi connectivity index (χ4n) is 1.77. The average molecular weight is 240 g/mol. The highest BCUT2D eigenvalue weighted by atomic mass is 16.5. The smallest absolute Gasteiger partial charge is 0.260 e. The zero-order chi connectivity index (χ0) is 12.5. The second kappa shape index (κ2) is 4.03. The Kier molecular flexibility index (Phi) is 2.37. The molecule has 2 aromatic heterocycles. The molecule has 0 spiro atoms. The molecule has 2 heterocycles. The number of nitrogens with one attached hydrogen (secondary N) is 1. The van der Waals surface area contributed by atoms with Crippen LogP contribution < -0.4 is 5.73 Å². The van der Waals surface area contributed by atoms with Gasteiger partial charge in [0.25, 0.3) is 5.89 Å². The average Bonchev–Trinajstić information content (AvgIpc) is 3.00. The molecule has 0 atom stereocenters. The molecule has 3 rings (SSSR count). The molecule has 5 heteroatoms. The Morgan fingerprint density at radius 1 is 1.28 bits per heavy atom. The number of benzene rings is 1. The molecule has 0 saturated carbocycles. The van der Waals surface area contributed by atoms with Crippen molar-refractivity contribution in [3.63, 3.8) is 0 Å². The predicted octanol–water partition coefficient (Wildman–Crippen LogP) is 2.62. The highest BCUT2D eigenvalue weighted by molar-refractivity contribution is 5.71. The van der Waals surface area contributed by atoms with Gasteiger partial charge in [-0.25, -0.2) is 0 Å². The van der Waals surface area contributed by atoms with Crippen LogP contribution in [0.2, 0.25) is 0 Å². The molecule has 0 radical (unpaired) electrons. The van der Waals surface area contributed by atoms with Gasteiger partial charge in [-0.3, -0.25) is 0 Å². The Balaban J connectivity index is 2.05. The Bertz CT molecular complexity index is 670. The molecule has 0 aliphatic rings. The van der Waals surface area contributed by atoms with E-state index < -0.39 is 0 Å². The van der Waals surface area contributed by atoms with E-state index in [-0.39, 0.29) is 0 Å². The second-order valence-corrected chi connectivity index (χ2v) is 4.10. The number of anilines is 1. The van der Waals surface area contributed by atoms with E-state index in [0.717, 1.165) is 16.8 Å². The molecule has 0 aliphatic carbocycles. The highest BCUT2D eigenvalue weighted by Gasteiger charge is 2.13. The van der Waals surface area contributed by atoms with Gasteiger partial charge in [-0.05, 0) is 31.2 Å². The third-order valence-electron chi connectivity index (χ3n) is 2.70. The first-order valence-corrected chi connectivity index (χ1v) is 5.58. The van der Waals surface area contributed by atoms with Crippen molar-refractivity contribution in [3.05, 3.63) is 42.1 Å². The summed E-state index contributed by atoms with van der Waals surface area (Å²) in [6.45, 7) is 1.99. The summed E-state index contributed by atoms with van der Waals surface area (Å²) >= 11 is 0. The van der Waals surface area contributed by atoms with Gasteiger partial charge >= 0.3 is 0 Å². The van der Waals surface area contributed by atoms with Gasteiger partial charge < -0.3 is 15.2 Å². The molecule has 18 heavy (non-hydrogen) atoms. The van der Waals surface area contributed by atoms with Crippen LogP contribution in [0.3, 0.4) is 0 Å². The number of aromatic nitrogens is 3. The number of H-pyrrole nitrogens is 1. The maximum atomic E-state index is 5.91. The van der Waals surface area contributed by atoms with Gasteiger partial charge in [-0.1, -0.05) is 16.8 Å². The first kappa shape index (κ1) is 10.6. The standard InChI is InChI=1S/C13H12N4O/c1-8-4-5-10(14)9(7-8)13-16-12(17-18-13)11-3-2-6-15-11/h2-7,15H,14H2,1H3. The van der Waals surface area contributed by atoms with Gasteiger partial charge in [0.05, 0.1) is 11.3 Å². The summed E-state index contributed by atoms with van der Waals surface area (Å²) < 4.78 is 5.25. The molecule has 0 unspecified atom stereocenters. The Morgan fingerprint density at radius 2 is 2.17 bits per heavy atom. The molecule has 0 aliphatic heterocycles. The maximum Gasteiger partial charge on any atom is 0.260 e. The summed E-state index contributed by atoms with van der Waals surface area (Å²) in [5, 5.41) is 3.93. The maximum absolute atomic E-state index is 5.91. The SMILES string of the molecule is Cc1ccc(N)c(-c2nc(-c3ccc[nH]3)no2)c1. The number of hydrogen-bond acceptors (Lipinski definition) is 4. The van der Waals surface area contributed by atoms with Crippen LogP contribution in [0.5, 0.6) is 0 Å². The van der Waals surface area contributed by atoms with Crippen molar-refractivity contribution in [2.45, 2.75) is 6.92 Å². The summed E-state index contributed by atoms with van der Waals surface area (Å²) in [4.78, 5) is 7.36. The van der Waals surface area contributed by atoms with E-state index in [1.54, 1.807) is 0 Å². The van der Waals surface area contributed by atoms with Crippen LogP contribution >= 0.6 is 0 Å². The van der Waals surface area contributed by atoms with E-state index in [0.29, 0.717) is 17.4 Å². The normalized spacial score (nSPS) is 10.7. The summed E-state index contributed by atoms with van der Waals surface area (Å²) in [6.07, 6.45) is 1.81. The van der Waals surface area contributed by atoms with Crippen molar-refractivity contribution in [3.8, 4) is 23.0 Å². The first-order chi connectivity index (χ1) is 8.74. The minimum atomic E-state index is 0.431. The molecule has 0 bridgehead atoms. The lowest BCUT2D eigenvalue weighted by molar-refractivity contribution is 0.432. The third kappa shape index (κ3) is 1.75. The summed E-state index contributed by atoms with van der Waals surface area (Å²) in [5.74, 6) is 0.955. The van der Waals surface area contributed by atoms with Crippen LogP contribution in [0.15, 0.2) is 41.1 Å². The summed E-state index contributed by atoms with van der Waals surface area (Å²) in [6, 6.07) is 9.48. The van der Waals surface area contributed by atoms with E-state index in [1.807, 2.05) is 43.5 Å². The van der Waals surface area contributed by atoms with Gasteiger partial charge in [0.15, 0.2) is 0 Å². The van der Waals surface area contributed by atoms with Gasteiger partial charge in [-0.15, -0.1) is 0 Å². The molecular weight excluding hydrogens is 228 g/mol. The number of nitrogens with two attached hydrogens (primary N) is 1. The summed E-state index contributed by atoms with van der Waals surface area (Å²) in [5.41, 5.74) is 9.22. The number of rotatable bonds is 2. The van der Waals surface area contributed by atoms with Crippen molar-refractivity contribution in [1.82, 2.24) is 15.1 Å². The van der Waals surface area contributed by atoms with Crippen molar-refractivity contribution >= 4 is 5.69 Å². The molecule has 0 amide bonds. The monoisotopic (exact) mass is 240 g/mol. The molecule has 90 valence electrons. The zero-order valence-corrected chi connectivity index (χ0v) is 9.84. The van der Waals surface area contributed by atoms with Gasteiger partial charge in [0.1, 0.15) is 0 Å². The molecule has 1 aromatic carbocycles. The molecule has 0 saturated heterocycles. The topological polar surface area (TPSA) is 80.7 Å². The molecule has 0 fully saturated rings. The van der Waals surface area contributed by atoms with Gasteiger partial charge in [0.2, 0.25) is 5.82 Å². The fourth-order valence-corrected chi connectivity index (χ4v) is 1.77. The van der Waals surface area contributed by atoms with E-state index in [9.17, 15) is 0 Å². The minimum absolute atomic E-state index is 0.431. The first-order valence-electron chi connectivity index (χ1n) is 5.58. The molecule has 3 aromatic rings. The van der Waals surface area contributed by atoms with Crippen LogP contribution in [0, 0.1) is 6.92 Å². The van der Waals surface area contributed by atoms with Crippen molar-refractivity contribution in [1.29, 1.82) is 0 Å². The molecular formula is C13H12N4O. The van der Waals surface area contributed by atoms with E-state index in [4.69, 9.17) is 10.3 Å². The van der Waals surface area contributed by atoms with Crippen LogP contribution in [0.4, 0.5) is 5.69 Å². The molecule has 3 N–H and O–H groups in total. The molecule has 5 nitrogen and oxygen atoms in total. The van der Waals surface area contributed by atoms with Crippen LogP contribution in [-0.2, 0) is 0 Å². The summed E-state index contributed by atoms with van der Waals surface area (Å²) in [7, 11) is 0. The van der Waals surface area contributed by atoms with Gasteiger partial charge in [0, 0.05) is 11.9 Å². The third-order valence-corrected chi connectivity index (χ3v) is 2.70. The lowest BCUT2D eigenvalue weighted by Crippen LogP contribution is -1.91. The fraction of sp³-hybridized carbons (Fsp3) is 0.0769. The van der Waals surface area contributed by atoms with E-state index in [2.05, 4.69) is 15.1 Å². The van der Waals surface area contributed by atoms with Crippen molar-refractivity contribution in [2.24, 2.45) is 0 Å². The zero-order valence-electron chi connectivity index (χ0n) is 9.84. The lowest BCUT2D eigenvalue weighted by Gasteiger charge is -2.01. The van der Waals surface area contributed by atoms with Crippen LogP contribution in [0.1, 0.15) is 5.56 Å². The Labute approximate surface area is 104 Å². The number of hydrogen-bond donors (Lipinski definition) is 2.